The van der Waals surface area contributed by atoms with E-state index in [-0.39, 0.29) is 11.6 Å². The second-order valence-electron chi connectivity index (χ2n) is 5.51. The maximum atomic E-state index is 13.0. The number of H-pyrrole nitrogens is 1. The van der Waals surface area contributed by atoms with E-state index in [4.69, 9.17) is 9.47 Å². The molecule has 0 amide bonds. The highest BCUT2D eigenvalue weighted by Gasteiger charge is 2.08. The van der Waals surface area contributed by atoms with Crippen LogP contribution in [0, 0.1) is 5.82 Å². The number of nitrogens with zero attached hydrogens (tertiary/aromatic N) is 1. The summed E-state index contributed by atoms with van der Waals surface area (Å²) in [4.78, 5) is 12.4. The topological polar surface area (TPSA) is 64.2 Å². The van der Waals surface area contributed by atoms with Gasteiger partial charge in [-0.1, -0.05) is 0 Å². The van der Waals surface area contributed by atoms with E-state index in [2.05, 4.69) is 10.2 Å². The van der Waals surface area contributed by atoms with Crippen molar-refractivity contribution < 1.29 is 18.7 Å². The number of aromatic nitrogens is 2. The molecule has 1 N–H and O–H groups in total. The molecule has 0 unspecified atom stereocenters. The lowest BCUT2D eigenvalue weighted by molar-refractivity contribution is 0.104. The van der Waals surface area contributed by atoms with Crippen LogP contribution in [0.25, 0.3) is 17.3 Å². The maximum absolute atomic E-state index is 13.0. The zero-order valence-electron chi connectivity index (χ0n) is 14.3. The summed E-state index contributed by atoms with van der Waals surface area (Å²) in [5.41, 5.74) is 2.56. The predicted octanol–water partition coefficient (Wildman–Crippen LogP) is 4.13. The van der Waals surface area contributed by atoms with E-state index < -0.39 is 0 Å². The van der Waals surface area contributed by atoms with Crippen LogP contribution in [0.2, 0.25) is 0 Å². The maximum Gasteiger partial charge on any atom is 0.186 e. The molecule has 0 radical (unpaired) electrons. The number of carbonyl (C=O) groups is 1. The second kappa shape index (κ2) is 7.65. The first-order chi connectivity index (χ1) is 12.6. The number of rotatable bonds is 6. The van der Waals surface area contributed by atoms with Crippen LogP contribution in [0.15, 0.2) is 54.6 Å². The number of halogens is 1. The van der Waals surface area contributed by atoms with E-state index in [0.29, 0.717) is 28.5 Å². The quantitative estimate of drug-likeness (QED) is 0.535. The standard InChI is InChI=1S/C20H17FN2O3/c1-25-17-9-14(10-18(12-17)26-2)20(24)8-7-16-11-19(23-22-16)13-3-5-15(21)6-4-13/h3-12H,1-2H3,(H,22,23)/b8-7+. The molecule has 3 aromatic rings. The number of nitrogens with one attached hydrogen (secondary N) is 1. The number of allylic oxidation sites excluding steroid dienone is 1. The van der Waals surface area contributed by atoms with Gasteiger partial charge >= 0.3 is 0 Å². The number of hydrogen-bond acceptors (Lipinski definition) is 4. The third-order valence-electron chi connectivity index (χ3n) is 3.79. The summed E-state index contributed by atoms with van der Waals surface area (Å²) in [5, 5.41) is 7.01. The average molecular weight is 352 g/mol. The Balaban J connectivity index is 1.78. The number of carbonyl (C=O) groups excluding carboxylic acids is 1. The molecule has 6 heteroatoms. The Morgan fingerprint density at radius 2 is 1.69 bits per heavy atom. The average Bonchev–Trinajstić information content (AvgIpc) is 3.15. The third-order valence-corrected chi connectivity index (χ3v) is 3.79. The summed E-state index contributed by atoms with van der Waals surface area (Å²) in [6, 6.07) is 12.8. The molecule has 0 spiro atoms. The second-order valence-corrected chi connectivity index (χ2v) is 5.51. The smallest absolute Gasteiger partial charge is 0.186 e. The molecular formula is C20H17FN2O3. The van der Waals surface area contributed by atoms with Gasteiger partial charge in [0.25, 0.3) is 0 Å². The van der Waals surface area contributed by atoms with Crippen LogP contribution >= 0.6 is 0 Å². The largest absolute Gasteiger partial charge is 0.497 e. The van der Waals surface area contributed by atoms with Crippen LogP contribution in [0.5, 0.6) is 11.5 Å². The SMILES string of the molecule is COc1cc(OC)cc(C(=O)/C=C/c2cc(-c3ccc(F)cc3)n[nH]2)c1. The van der Waals surface area contributed by atoms with E-state index in [1.807, 2.05) is 0 Å². The fourth-order valence-electron chi connectivity index (χ4n) is 2.40. The van der Waals surface area contributed by atoms with Crippen molar-refractivity contribution in [2.75, 3.05) is 14.2 Å². The molecule has 5 nitrogen and oxygen atoms in total. The van der Waals surface area contributed by atoms with Gasteiger partial charge in [-0.05, 0) is 54.6 Å². The van der Waals surface area contributed by atoms with E-state index in [1.54, 1.807) is 42.5 Å². The molecule has 0 saturated heterocycles. The minimum Gasteiger partial charge on any atom is -0.497 e. The molecule has 0 fully saturated rings. The Labute approximate surface area is 150 Å². The fourth-order valence-corrected chi connectivity index (χ4v) is 2.40. The molecule has 132 valence electrons. The molecule has 0 aliphatic rings. The van der Waals surface area contributed by atoms with Gasteiger partial charge in [0.2, 0.25) is 0 Å². The third kappa shape index (κ3) is 3.97. The van der Waals surface area contributed by atoms with Gasteiger partial charge in [0, 0.05) is 17.2 Å². The van der Waals surface area contributed by atoms with Gasteiger partial charge < -0.3 is 9.47 Å². The van der Waals surface area contributed by atoms with Gasteiger partial charge in [-0.25, -0.2) is 4.39 Å². The van der Waals surface area contributed by atoms with Crippen molar-refractivity contribution in [1.82, 2.24) is 10.2 Å². The summed E-state index contributed by atoms with van der Waals surface area (Å²) >= 11 is 0. The highest BCUT2D eigenvalue weighted by atomic mass is 19.1. The van der Waals surface area contributed by atoms with Crippen molar-refractivity contribution in [1.29, 1.82) is 0 Å². The lowest BCUT2D eigenvalue weighted by atomic mass is 10.1. The van der Waals surface area contributed by atoms with Gasteiger partial charge in [0.1, 0.15) is 17.3 Å². The Hall–Kier alpha value is -3.41. The molecule has 1 aromatic heterocycles. The highest BCUT2D eigenvalue weighted by molar-refractivity contribution is 6.07. The lowest BCUT2D eigenvalue weighted by Gasteiger charge is -2.06. The summed E-state index contributed by atoms with van der Waals surface area (Å²) < 4.78 is 23.3. The summed E-state index contributed by atoms with van der Waals surface area (Å²) in [7, 11) is 3.06. The normalized spacial score (nSPS) is 10.9. The number of ether oxygens (including phenoxy) is 2. The first kappa shape index (κ1) is 17.4. The van der Waals surface area contributed by atoms with Gasteiger partial charge in [0.05, 0.1) is 25.6 Å². The molecule has 2 aromatic carbocycles. The van der Waals surface area contributed by atoms with Crippen molar-refractivity contribution in [2.24, 2.45) is 0 Å². The number of hydrogen-bond donors (Lipinski definition) is 1. The molecule has 1 heterocycles. The Morgan fingerprint density at radius 3 is 2.31 bits per heavy atom. The molecular weight excluding hydrogens is 335 g/mol. The van der Waals surface area contributed by atoms with E-state index in [9.17, 15) is 9.18 Å². The van der Waals surface area contributed by atoms with Crippen molar-refractivity contribution in [3.05, 3.63) is 71.7 Å². The van der Waals surface area contributed by atoms with Gasteiger partial charge in [-0.2, -0.15) is 5.10 Å². The Kier molecular flexibility index (Phi) is 5.12. The monoisotopic (exact) mass is 352 g/mol. The van der Waals surface area contributed by atoms with Crippen LogP contribution in [-0.4, -0.2) is 30.2 Å². The molecule has 0 bridgehead atoms. The van der Waals surface area contributed by atoms with E-state index in [0.717, 1.165) is 5.56 Å². The number of methoxy groups -OCH3 is 2. The number of ketones is 1. The predicted molar refractivity (Wildman–Crippen MR) is 96.9 cm³/mol. The summed E-state index contributed by atoms with van der Waals surface area (Å²) in [6.07, 6.45) is 3.07. The Bertz CT molecular complexity index is 924. The molecule has 0 atom stereocenters. The van der Waals surface area contributed by atoms with Gasteiger partial charge in [-0.3, -0.25) is 9.89 Å². The number of benzene rings is 2. The first-order valence-corrected chi connectivity index (χ1v) is 7.86. The van der Waals surface area contributed by atoms with Crippen LogP contribution < -0.4 is 9.47 Å². The zero-order chi connectivity index (χ0) is 18.5. The van der Waals surface area contributed by atoms with E-state index >= 15 is 0 Å². The van der Waals surface area contributed by atoms with Crippen LogP contribution in [0.4, 0.5) is 4.39 Å². The summed E-state index contributed by atoms with van der Waals surface area (Å²) in [6.45, 7) is 0. The molecule has 0 saturated carbocycles. The molecule has 26 heavy (non-hydrogen) atoms. The Morgan fingerprint density at radius 1 is 1.04 bits per heavy atom. The van der Waals surface area contributed by atoms with Crippen molar-refractivity contribution in [2.45, 2.75) is 0 Å². The first-order valence-electron chi connectivity index (χ1n) is 7.86. The van der Waals surface area contributed by atoms with Gasteiger partial charge in [0.15, 0.2) is 5.78 Å². The fraction of sp³-hybridized carbons (Fsp3) is 0.100. The molecule has 0 aliphatic carbocycles. The van der Waals surface area contributed by atoms with Crippen LogP contribution in [0.3, 0.4) is 0 Å². The summed E-state index contributed by atoms with van der Waals surface area (Å²) in [5.74, 6) is 0.589. The zero-order valence-corrected chi connectivity index (χ0v) is 14.3. The lowest BCUT2D eigenvalue weighted by Crippen LogP contribution is -1.97. The molecule has 0 aliphatic heterocycles. The van der Waals surface area contributed by atoms with Crippen molar-refractivity contribution >= 4 is 11.9 Å². The van der Waals surface area contributed by atoms with Crippen molar-refractivity contribution in [3.8, 4) is 22.8 Å². The minimum absolute atomic E-state index is 0.194. The minimum atomic E-state index is -0.302. The molecule has 3 rings (SSSR count). The number of aromatic amines is 1. The highest BCUT2D eigenvalue weighted by Crippen LogP contribution is 2.23. The van der Waals surface area contributed by atoms with Crippen molar-refractivity contribution in [3.63, 3.8) is 0 Å². The van der Waals surface area contributed by atoms with Crippen LogP contribution in [0.1, 0.15) is 16.1 Å². The van der Waals surface area contributed by atoms with E-state index in [1.165, 1.54) is 32.4 Å². The van der Waals surface area contributed by atoms with Crippen LogP contribution in [-0.2, 0) is 0 Å². The van der Waals surface area contributed by atoms with Gasteiger partial charge in [-0.15, -0.1) is 0 Å².